The van der Waals surface area contributed by atoms with Gasteiger partial charge in [0, 0.05) is 24.8 Å². The van der Waals surface area contributed by atoms with Gasteiger partial charge in [0.15, 0.2) is 0 Å². The second-order valence-electron chi connectivity index (χ2n) is 5.32. The Bertz CT molecular complexity index is 416. The monoisotopic (exact) mass is 279 g/mol. The third-order valence-electron chi connectivity index (χ3n) is 3.87. The molecule has 0 bridgehead atoms. The first-order chi connectivity index (χ1) is 9.74. The van der Waals surface area contributed by atoms with Crippen LogP contribution in [-0.2, 0) is 4.74 Å². The van der Waals surface area contributed by atoms with E-state index in [9.17, 15) is 0 Å². The molecule has 1 heterocycles. The van der Waals surface area contributed by atoms with Gasteiger partial charge >= 0.3 is 0 Å². The van der Waals surface area contributed by atoms with E-state index >= 15 is 0 Å². The van der Waals surface area contributed by atoms with Crippen LogP contribution in [0.1, 0.15) is 31.4 Å². The molecular weight excluding hydrogens is 254 g/mol. The van der Waals surface area contributed by atoms with E-state index in [0.29, 0.717) is 5.92 Å². The van der Waals surface area contributed by atoms with Crippen molar-refractivity contribution in [2.24, 2.45) is 5.92 Å². The molecule has 4 nitrogen and oxygen atoms in total. The lowest BCUT2D eigenvalue weighted by molar-refractivity contribution is 0.0540. The highest BCUT2D eigenvalue weighted by Gasteiger charge is 2.17. The summed E-state index contributed by atoms with van der Waals surface area (Å²) < 4.78 is 16.2. The first-order valence-corrected chi connectivity index (χ1v) is 7.27. The standard InChI is InChI=1S/C16H25NO3/c1-12(17-10-13-5-4-8-20-11-13)15-9-14(18-2)6-7-16(15)19-3/h6-7,9,12-13,17H,4-5,8,10-11H2,1-3H3. The quantitative estimate of drug-likeness (QED) is 0.869. The second kappa shape index (κ2) is 7.50. The Morgan fingerprint density at radius 3 is 2.85 bits per heavy atom. The van der Waals surface area contributed by atoms with Crippen LogP contribution in [0.15, 0.2) is 18.2 Å². The molecule has 1 aromatic rings. The number of methoxy groups -OCH3 is 2. The van der Waals surface area contributed by atoms with Crippen LogP contribution in [-0.4, -0.2) is 34.0 Å². The van der Waals surface area contributed by atoms with Crippen molar-refractivity contribution in [3.8, 4) is 11.5 Å². The lowest BCUT2D eigenvalue weighted by Crippen LogP contribution is -2.31. The molecule has 0 radical (unpaired) electrons. The zero-order chi connectivity index (χ0) is 14.4. The van der Waals surface area contributed by atoms with E-state index in [0.717, 1.165) is 36.8 Å². The van der Waals surface area contributed by atoms with Crippen molar-refractivity contribution in [1.82, 2.24) is 5.32 Å². The van der Waals surface area contributed by atoms with Crippen LogP contribution >= 0.6 is 0 Å². The summed E-state index contributed by atoms with van der Waals surface area (Å²) in [7, 11) is 3.38. The molecule has 1 N–H and O–H groups in total. The minimum atomic E-state index is 0.224. The van der Waals surface area contributed by atoms with E-state index in [1.165, 1.54) is 12.8 Å². The smallest absolute Gasteiger partial charge is 0.123 e. The van der Waals surface area contributed by atoms with Crippen molar-refractivity contribution in [1.29, 1.82) is 0 Å². The fraction of sp³-hybridized carbons (Fsp3) is 0.625. The van der Waals surface area contributed by atoms with E-state index in [4.69, 9.17) is 14.2 Å². The summed E-state index contributed by atoms with van der Waals surface area (Å²) in [6.45, 7) is 4.91. The third-order valence-corrected chi connectivity index (χ3v) is 3.87. The Labute approximate surface area is 121 Å². The molecular formula is C16H25NO3. The maximum absolute atomic E-state index is 5.52. The zero-order valence-corrected chi connectivity index (χ0v) is 12.6. The Kier molecular flexibility index (Phi) is 5.68. The second-order valence-corrected chi connectivity index (χ2v) is 5.32. The number of hydrogen-bond donors (Lipinski definition) is 1. The molecule has 1 aromatic carbocycles. The van der Waals surface area contributed by atoms with Crippen molar-refractivity contribution in [2.75, 3.05) is 34.0 Å². The number of hydrogen-bond acceptors (Lipinski definition) is 4. The van der Waals surface area contributed by atoms with Crippen LogP contribution in [0.2, 0.25) is 0 Å². The van der Waals surface area contributed by atoms with Crippen LogP contribution in [0, 0.1) is 5.92 Å². The Hall–Kier alpha value is -1.26. The van der Waals surface area contributed by atoms with Crippen LogP contribution in [0.25, 0.3) is 0 Å². The van der Waals surface area contributed by atoms with Gasteiger partial charge in [-0.3, -0.25) is 0 Å². The summed E-state index contributed by atoms with van der Waals surface area (Å²) in [5.74, 6) is 2.36. The molecule has 20 heavy (non-hydrogen) atoms. The van der Waals surface area contributed by atoms with Gasteiger partial charge in [0.2, 0.25) is 0 Å². The van der Waals surface area contributed by atoms with E-state index in [1.54, 1.807) is 14.2 Å². The summed E-state index contributed by atoms with van der Waals surface area (Å²) in [5.41, 5.74) is 1.13. The van der Waals surface area contributed by atoms with Gasteiger partial charge in [-0.1, -0.05) is 0 Å². The first-order valence-electron chi connectivity index (χ1n) is 7.27. The fourth-order valence-corrected chi connectivity index (χ4v) is 2.60. The lowest BCUT2D eigenvalue weighted by atomic mass is 10.0. The van der Waals surface area contributed by atoms with Crippen molar-refractivity contribution in [3.63, 3.8) is 0 Å². The van der Waals surface area contributed by atoms with E-state index in [2.05, 4.69) is 12.2 Å². The lowest BCUT2D eigenvalue weighted by Gasteiger charge is -2.25. The molecule has 1 saturated heterocycles. The average molecular weight is 279 g/mol. The minimum Gasteiger partial charge on any atom is -0.497 e. The topological polar surface area (TPSA) is 39.7 Å². The molecule has 1 aliphatic heterocycles. The fourth-order valence-electron chi connectivity index (χ4n) is 2.60. The molecule has 112 valence electrons. The number of ether oxygens (including phenoxy) is 3. The molecule has 0 amide bonds. The largest absolute Gasteiger partial charge is 0.497 e. The Balaban J connectivity index is 1.98. The molecule has 2 unspecified atom stereocenters. The summed E-state index contributed by atoms with van der Waals surface area (Å²) in [4.78, 5) is 0. The maximum Gasteiger partial charge on any atom is 0.123 e. The van der Waals surface area contributed by atoms with Gasteiger partial charge in [0.1, 0.15) is 11.5 Å². The van der Waals surface area contributed by atoms with Crippen LogP contribution in [0.4, 0.5) is 0 Å². The molecule has 2 atom stereocenters. The van der Waals surface area contributed by atoms with Gasteiger partial charge in [-0.15, -0.1) is 0 Å². The van der Waals surface area contributed by atoms with Gasteiger partial charge < -0.3 is 19.5 Å². The molecule has 0 aromatic heterocycles. The number of nitrogens with one attached hydrogen (secondary N) is 1. The van der Waals surface area contributed by atoms with Crippen molar-refractivity contribution >= 4 is 0 Å². The molecule has 0 saturated carbocycles. The van der Waals surface area contributed by atoms with Gasteiger partial charge in [0.25, 0.3) is 0 Å². The number of benzene rings is 1. The number of rotatable bonds is 6. The molecule has 2 rings (SSSR count). The molecule has 0 aliphatic carbocycles. The molecule has 1 fully saturated rings. The zero-order valence-electron chi connectivity index (χ0n) is 12.6. The predicted octanol–water partition coefficient (Wildman–Crippen LogP) is 2.78. The Morgan fingerprint density at radius 2 is 2.20 bits per heavy atom. The van der Waals surface area contributed by atoms with Crippen LogP contribution in [0.5, 0.6) is 11.5 Å². The van der Waals surface area contributed by atoms with Gasteiger partial charge in [-0.25, -0.2) is 0 Å². The SMILES string of the molecule is COc1ccc(OC)c(C(C)NCC2CCCOC2)c1. The highest BCUT2D eigenvalue weighted by Crippen LogP contribution is 2.29. The molecule has 4 heteroatoms. The van der Waals surface area contributed by atoms with Gasteiger partial charge in [-0.05, 0) is 43.9 Å². The molecule has 0 spiro atoms. The third kappa shape index (κ3) is 3.87. The summed E-state index contributed by atoms with van der Waals surface area (Å²) in [6.07, 6.45) is 2.41. The summed E-state index contributed by atoms with van der Waals surface area (Å²) in [6, 6.07) is 6.13. The van der Waals surface area contributed by atoms with Crippen LogP contribution < -0.4 is 14.8 Å². The van der Waals surface area contributed by atoms with E-state index in [1.807, 2.05) is 18.2 Å². The van der Waals surface area contributed by atoms with Gasteiger partial charge in [-0.2, -0.15) is 0 Å². The highest BCUT2D eigenvalue weighted by atomic mass is 16.5. The Morgan fingerprint density at radius 1 is 1.35 bits per heavy atom. The van der Waals surface area contributed by atoms with Crippen molar-refractivity contribution in [2.45, 2.75) is 25.8 Å². The predicted molar refractivity (Wildman–Crippen MR) is 79.5 cm³/mol. The van der Waals surface area contributed by atoms with Crippen molar-refractivity contribution < 1.29 is 14.2 Å². The summed E-state index contributed by atoms with van der Waals surface area (Å²) >= 11 is 0. The molecule has 1 aliphatic rings. The normalized spacial score (nSPS) is 20.4. The van der Waals surface area contributed by atoms with E-state index in [-0.39, 0.29) is 6.04 Å². The average Bonchev–Trinajstić information content (AvgIpc) is 2.52. The minimum absolute atomic E-state index is 0.224. The van der Waals surface area contributed by atoms with Crippen LogP contribution in [0.3, 0.4) is 0 Å². The van der Waals surface area contributed by atoms with Gasteiger partial charge in [0.05, 0.1) is 20.8 Å². The highest BCUT2D eigenvalue weighted by molar-refractivity contribution is 5.42. The first kappa shape index (κ1) is 15.1. The van der Waals surface area contributed by atoms with Crippen molar-refractivity contribution in [3.05, 3.63) is 23.8 Å². The van der Waals surface area contributed by atoms with E-state index < -0.39 is 0 Å². The maximum atomic E-state index is 5.52. The summed E-state index contributed by atoms with van der Waals surface area (Å²) in [5, 5.41) is 3.58.